The molecule has 0 aromatic carbocycles. The molecule has 0 bridgehead atoms. The SMILES string of the molecule is CNCC1CCc2cc(Br)oc21. The third-order valence-corrected chi connectivity index (χ3v) is 2.79. The number of likely N-dealkylation sites (N-methyl/N-ethyl adjacent to an activating group) is 1. The summed E-state index contributed by atoms with van der Waals surface area (Å²) in [4.78, 5) is 0. The van der Waals surface area contributed by atoms with Crippen molar-refractivity contribution in [1.82, 2.24) is 5.32 Å². The number of fused-ring (bicyclic) bond motifs is 1. The second-order valence-corrected chi connectivity index (χ2v) is 4.01. The first-order chi connectivity index (χ1) is 5.81. The van der Waals surface area contributed by atoms with Crippen LogP contribution in [0.3, 0.4) is 0 Å². The van der Waals surface area contributed by atoms with Gasteiger partial charge >= 0.3 is 0 Å². The summed E-state index contributed by atoms with van der Waals surface area (Å²) < 4.78 is 6.44. The van der Waals surface area contributed by atoms with Crippen molar-refractivity contribution in [2.75, 3.05) is 13.6 Å². The molecule has 1 aliphatic rings. The van der Waals surface area contributed by atoms with E-state index in [0.29, 0.717) is 5.92 Å². The van der Waals surface area contributed by atoms with Crippen LogP contribution in [0.25, 0.3) is 0 Å². The van der Waals surface area contributed by atoms with Crippen LogP contribution in [-0.2, 0) is 6.42 Å². The zero-order chi connectivity index (χ0) is 8.55. The van der Waals surface area contributed by atoms with Crippen molar-refractivity contribution in [1.29, 1.82) is 0 Å². The Bertz CT molecular complexity index is 282. The number of nitrogens with one attached hydrogen (secondary N) is 1. The molecule has 1 N–H and O–H groups in total. The van der Waals surface area contributed by atoms with Crippen molar-refractivity contribution in [3.05, 3.63) is 22.1 Å². The Hall–Kier alpha value is -0.280. The molecule has 0 saturated heterocycles. The molecule has 0 saturated carbocycles. The zero-order valence-corrected chi connectivity index (χ0v) is 8.65. The van der Waals surface area contributed by atoms with Crippen molar-refractivity contribution in [2.24, 2.45) is 0 Å². The lowest BCUT2D eigenvalue weighted by Crippen LogP contribution is -2.14. The van der Waals surface area contributed by atoms with Gasteiger partial charge in [0.05, 0.1) is 0 Å². The molecule has 0 amide bonds. The van der Waals surface area contributed by atoms with Crippen LogP contribution in [0.4, 0.5) is 0 Å². The summed E-state index contributed by atoms with van der Waals surface area (Å²) in [6.07, 6.45) is 2.39. The van der Waals surface area contributed by atoms with Crippen LogP contribution in [0.5, 0.6) is 0 Å². The maximum absolute atomic E-state index is 5.57. The summed E-state index contributed by atoms with van der Waals surface area (Å²) in [7, 11) is 1.98. The molecule has 66 valence electrons. The molecule has 2 rings (SSSR count). The van der Waals surface area contributed by atoms with Gasteiger partial charge in [-0.2, -0.15) is 0 Å². The minimum absolute atomic E-state index is 0.580. The van der Waals surface area contributed by atoms with Crippen LogP contribution < -0.4 is 5.32 Å². The molecule has 1 atom stereocenters. The van der Waals surface area contributed by atoms with E-state index in [2.05, 4.69) is 27.3 Å². The Morgan fingerprint density at radius 1 is 1.75 bits per heavy atom. The van der Waals surface area contributed by atoms with Crippen molar-refractivity contribution in [3.8, 4) is 0 Å². The fraction of sp³-hybridized carbons (Fsp3) is 0.556. The standard InChI is InChI=1S/C9H12BrNO/c1-11-5-7-3-2-6-4-8(10)12-9(6)7/h4,7,11H,2-3,5H2,1H3. The van der Waals surface area contributed by atoms with Crippen LogP contribution in [-0.4, -0.2) is 13.6 Å². The monoisotopic (exact) mass is 229 g/mol. The topological polar surface area (TPSA) is 25.2 Å². The van der Waals surface area contributed by atoms with E-state index < -0.39 is 0 Å². The van der Waals surface area contributed by atoms with Gasteiger partial charge < -0.3 is 9.73 Å². The molecule has 12 heavy (non-hydrogen) atoms. The highest BCUT2D eigenvalue weighted by Crippen LogP contribution is 2.36. The second kappa shape index (κ2) is 3.23. The third-order valence-electron chi connectivity index (χ3n) is 2.40. The lowest BCUT2D eigenvalue weighted by molar-refractivity contribution is 0.443. The molecule has 1 aromatic rings. The van der Waals surface area contributed by atoms with E-state index in [-0.39, 0.29) is 0 Å². The van der Waals surface area contributed by atoms with E-state index in [1.165, 1.54) is 17.7 Å². The van der Waals surface area contributed by atoms with Crippen LogP contribution in [0.15, 0.2) is 15.2 Å². The van der Waals surface area contributed by atoms with Gasteiger partial charge in [0.25, 0.3) is 0 Å². The van der Waals surface area contributed by atoms with Crippen LogP contribution >= 0.6 is 15.9 Å². The molecule has 1 unspecified atom stereocenters. The van der Waals surface area contributed by atoms with E-state index in [4.69, 9.17) is 4.42 Å². The minimum Gasteiger partial charge on any atom is -0.454 e. The van der Waals surface area contributed by atoms with Gasteiger partial charge in [-0.25, -0.2) is 0 Å². The Labute approximate surface area is 80.5 Å². The predicted molar refractivity (Wildman–Crippen MR) is 51.4 cm³/mol. The van der Waals surface area contributed by atoms with E-state index in [1.807, 2.05) is 7.05 Å². The third kappa shape index (κ3) is 1.31. The van der Waals surface area contributed by atoms with Gasteiger partial charge in [0, 0.05) is 12.5 Å². The summed E-state index contributed by atoms with van der Waals surface area (Å²) in [5, 5.41) is 3.18. The normalized spacial score (nSPS) is 21.3. The summed E-state index contributed by atoms with van der Waals surface area (Å²) >= 11 is 3.35. The van der Waals surface area contributed by atoms with Crippen molar-refractivity contribution >= 4 is 15.9 Å². The number of aryl methyl sites for hydroxylation is 1. The minimum atomic E-state index is 0.580. The maximum atomic E-state index is 5.57. The fourth-order valence-electron chi connectivity index (χ4n) is 1.85. The fourth-order valence-corrected chi connectivity index (χ4v) is 2.30. The van der Waals surface area contributed by atoms with Crippen molar-refractivity contribution in [3.63, 3.8) is 0 Å². The number of rotatable bonds is 2. The highest BCUT2D eigenvalue weighted by atomic mass is 79.9. The summed E-state index contributed by atoms with van der Waals surface area (Å²) in [6.45, 7) is 1.02. The predicted octanol–water partition coefficient (Wildman–Crippen LogP) is 2.29. The number of hydrogen-bond donors (Lipinski definition) is 1. The van der Waals surface area contributed by atoms with Crippen molar-refractivity contribution < 1.29 is 4.42 Å². The first-order valence-corrected chi connectivity index (χ1v) is 5.03. The van der Waals surface area contributed by atoms with Gasteiger partial charge in [0.1, 0.15) is 5.76 Å². The molecule has 0 aliphatic heterocycles. The van der Waals surface area contributed by atoms with Gasteiger partial charge in [-0.3, -0.25) is 0 Å². The second-order valence-electron chi connectivity index (χ2n) is 3.23. The maximum Gasteiger partial charge on any atom is 0.169 e. The molecular weight excluding hydrogens is 218 g/mol. The Balaban J connectivity index is 2.22. The molecule has 0 fully saturated rings. The lowest BCUT2D eigenvalue weighted by Gasteiger charge is -2.06. The highest BCUT2D eigenvalue weighted by Gasteiger charge is 2.26. The van der Waals surface area contributed by atoms with Gasteiger partial charge in [-0.05, 0) is 47.4 Å². The van der Waals surface area contributed by atoms with Gasteiger partial charge in [0.15, 0.2) is 4.67 Å². The average molecular weight is 230 g/mol. The van der Waals surface area contributed by atoms with Gasteiger partial charge in [-0.15, -0.1) is 0 Å². The van der Waals surface area contributed by atoms with Crippen LogP contribution in [0.2, 0.25) is 0 Å². The Kier molecular flexibility index (Phi) is 2.24. The Morgan fingerprint density at radius 2 is 2.58 bits per heavy atom. The zero-order valence-electron chi connectivity index (χ0n) is 7.06. The number of hydrogen-bond acceptors (Lipinski definition) is 2. The quantitative estimate of drug-likeness (QED) is 0.843. The molecule has 1 aliphatic carbocycles. The number of halogens is 1. The van der Waals surface area contributed by atoms with Gasteiger partial charge in [0.2, 0.25) is 0 Å². The van der Waals surface area contributed by atoms with E-state index >= 15 is 0 Å². The smallest absolute Gasteiger partial charge is 0.169 e. The molecule has 1 heterocycles. The molecule has 2 nitrogen and oxygen atoms in total. The van der Waals surface area contributed by atoms with Crippen LogP contribution in [0, 0.1) is 0 Å². The molecular formula is C9H12BrNO. The lowest BCUT2D eigenvalue weighted by atomic mass is 10.1. The number of furan rings is 1. The van der Waals surface area contributed by atoms with Gasteiger partial charge in [-0.1, -0.05) is 0 Å². The van der Waals surface area contributed by atoms with Crippen molar-refractivity contribution in [2.45, 2.75) is 18.8 Å². The van der Waals surface area contributed by atoms with E-state index in [1.54, 1.807) is 0 Å². The molecule has 1 aromatic heterocycles. The summed E-state index contributed by atoms with van der Waals surface area (Å²) in [5.74, 6) is 1.76. The summed E-state index contributed by atoms with van der Waals surface area (Å²) in [6, 6.07) is 2.09. The van der Waals surface area contributed by atoms with Crippen LogP contribution in [0.1, 0.15) is 23.7 Å². The molecule has 3 heteroatoms. The molecule has 0 spiro atoms. The Morgan fingerprint density at radius 3 is 3.33 bits per heavy atom. The molecule has 0 radical (unpaired) electrons. The highest BCUT2D eigenvalue weighted by molar-refractivity contribution is 9.10. The summed E-state index contributed by atoms with van der Waals surface area (Å²) in [5.41, 5.74) is 1.38. The first-order valence-electron chi connectivity index (χ1n) is 4.24. The first kappa shape index (κ1) is 8.32. The van der Waals surface area contributed by atoms with E-state index in [9.17, 15) is 0 Å². The average Bonchev–Trinajstić information content (AvgIpc) is 2.52. The largest absolute Gasteiger partial charge is 0.454 e. The van der Waals surface area contributed by atoms with E-state index in [0.717, 1.165) is 17.6 Å².